The van der Waals surface area contributed by atoms with Gasteiger partial charge in [0.05, 0.1) is 11.0 Å². The molecular formula is C12H15Br2NO3S. The zero-order valence-corrected chi connectivity index (χ0v) is 14.3. The van der Waals surface area contributed by atoms with Crippen molar-refractivity contribution in [2.75, 3.05) is 6.54 Å². The van der Waals surface area contributed by atoms with Crippen LogP contribution in [0.4, 0.5) is 0 Å². The molecule has 0 atom stereocenters. The smallest absolute Gasteiger partial charge is 0.241 e. The number of hydrogen-bond acceptors (Lipinski definition) is 3. The van der Waals surface area contributed by atoms with Gasteiger partial charge in [-0.1, -0.05) is 15.9 Å². The maximum atomic E-state index is 12.2. The Labute approximate surface area is 129 Å². The Balaban J connectivity index is 2.13. The van der Waals surface area contributed by atoms with Crippen LogP contribution < -0.4 is 4.72 Å². The van der Waals surface area contributed by atoms with Gasteiger partial charge in [0.15, 0.2) is 0 Å². The Morgan fingerprint density at radius 1 is 1.32 bits per heavy atom. The fourth-order valence-electron chi connectivity index (χ4n) is 2.01. The van der Waals surface area contributed by atoms with E-state index in [0.29, 0.717) is 23.9 Å². The summed E-state index contributed by atoms with van der Waals surface area (Å²) in [6.45, 7) is 2.27. The van der Waals surface area contributed by atoms with Crippen LogP contribution in [0.15, 0.2) is 26.0 Å². The molecule has 7 heteroatoms. The minimum absolute atomic E-state index is 0.227. The monoisotopic (exact) mass is 411 g/mol. The molecule has 0 aromatic heterocycles. The van der Waals surface area contributed by atoms with Crippen molar-refractivity contribution in [2.24, 2.45) is 5.92 Å². The lowest BCUT2D eigenvalue weighted by molar-refractivity contribution is 0.0453. The molecule has 4 nitrogen and oxygen atoms in total. The van der Waals surface area contributed by atoms with Crippen LogP contribution >= 0.6 is 31.9 Å². The molecule has 0 radical (unpaired) electrons. The lowest BCUT2D eigenvalue weighted by atomic mass is 9.83. The molecule has 2 N–H and O–H groups in total. The molecule has 0 unspecified atom stereocenters. The van der Waals surface area contributed by atoms with E-state index in [1.54, 1.807) is 12.1 Å². The average Bonchev–Trinajstić information content (AvgIpc) is 2.27. The molecule has 0 bridgehead atoms. The highest BCUT2D eigenvalue weighted by atomic mass is 79.9. The molecule has 2 rings (SSSR count). The van der Waals surface area contributed by atoms with Crippen LogP contribution in [-0.4, -0.2) is 26.2 Å². The van der Waals surface area contributed by atoms with Crippen molar-refractivity contribution in [2.45, 2.75) is 30.8 Å². The molecule has 0 aliphatic heterocycles. The third-order valence-corrected chi connectivity index (χ3v) is 6.51. The molecule has 1 saturated carbocycles. The Hall–Kier alpha value is 0.0500. The molecule has 0 heterocycles. The van der Waals surface area contributed by atoms with E-state index in [0.717, 1.165) is 10.0 Å². The minimum Gasteiger partial charge on any atom is -0.393 e. The van der Waals surface area contributed by atoms with Crippen molar-refractivity contribution in [1.82, 2.24) is 4.72 Å². The van der Waals surface area contributed by atoms with Crippen LogP contribution in [0.5, 0.6) is 0 Å². The number of rotatable bonds is 4. The lowest BCUT2D eigenvalue weighted by Crippen LogP contribution is -2.38. The Morgan fingerprint density at radius 2 is 1.95 bits per heavy atom. The summed E-state index contributed by atoms with van der Waals surface area (Å²) in [5.41, 5.74) is 0.966. The van der Waals surface area contributed by atoms with E-state index in [-0.39, 0.29) is 16.9 Å². The van der Waals surface area contributed by atoms with Gasteiger partial charge in [0.2, 0.25) is 10.0 Å². The fourth-order valence-corrected chi connectivity index (χ4v) is 4.80. The van der Waals surface area contributed by atoms with Crippen molar-refractivity contribution in [1.29, 1.82) is 0 Å². The molecular weight excluding hydrogens is 398 g/mol. The van der Waals surface area contributed by atoms with Gasteiger partial charge in [-0.25, -0.2) is 13.1 Å². The highest BCUT2D eigenvalue weighted by Crippen LogP contribution is 2.30. The summed E-state index contributed by atoms with van der Waals surface area (Å²) in [4.78, 5) is 0.227. The van der Waals surface area contributed by atoms with Gasteiger partial charge in [-0.2, -0.15) is 0 Å². The van der Waals surface area contributed by atoms with E-state index >= 15 is 0 Å². The van der Waals surface area contributed by atoms with Gasteiger partial charge in [0.25, 0.3) is 0 Å². The van der Waals surface area contributed by atoms with E-state index in [4.69, 9.17) is 0 Å². The average molecular weight is 413 g/mol. The highest BCUT2D eigenvalue weighted by molar-refractivity contribution is 9.11. The second-order valence-corrected chi connectivity index (χ2v) is 8.32. The molecule has 106 valence electrons. The first-order valence-corrected chi connectivity index (χ1v) is 9.00. The van der Waals surface area contributed by atoms with Crippen molar-refractivity contribution < 1.29 is 13.5 Å². The summed E-state index contributed by atoms with van der Waals surface area (Å²) in [5.74, 6) is 0.234. The third-order valence-electron chi connectivity index (χ3n) is 3.28. The normalized spacial score (nSPS) is 23.2. The van der Waals surface area contributed by atoms with E-state index in [9.17, 15) is 13.5 Å². The number of nitrogens with one attached hydrogen (secondary N) is 1. The molecule has 1 fully saturated rings. The van der Waals surface area contributed by atoms with Crippen LogP contribution in [0.1, 0.15) is 18.4 Å². The topological polar surface area (TPSA) is 66.4 Å². The Bertz CT molecular complexity index is 583. The van der Waals surface area contributed by atoms with E-state index in [2.05, 4.69) is 36.6 Å². The van der Waals surface area contributed by atoms with Crippen molar-refractivity contribution >= 4 is 41.9 Å². The van der Waals surface area contributed by atoms with Crippen LogP contribution in [0, 0.1) is 12.8 Å². The number of hydrogen-bond donors (Lipinski definition) is 2. The maximum Gasteiger partial charge on any atom is 0.241 e. The quantitative estimate of drug-likeness (QED) is 0.798. The van der Waals surface area contributed by atoms with Gasteiger partial charge < -0.3 is 5.11 Å². The summed E-state index contributed by atoms with van der Waals surface area (Å²) >= 11 is 6.62. The van der Waals surface area contributed by atoms with Crippen molar-refractivity contribution in [3.8, 4) is 0 Å². The van der Waals surface area contributed by atoms with E-state index in [1.807, 2.05) is 6.92 Å². The number of sulfonamides is 1. The molecule has 0 amide bonds. The lowest BCUT2D eigenvalue weighted by Gasteiger charge is -2.31. The second kappa shape index (κ2) is 5.81. The summed E-state index contributed by atoms with van der Waals surface area (Å²) < 4.78 is 28.3. The predicted octanol–water partition coefficient (Wildman–Crippen LogP) is 2.57. The van der Waals surface area contributed by atoms with Crippen LogP contribution in [0.3, 0.4) is 0 Å². The summed E-state index contributed by atoms with van der Waals surface area (Å²) in [7, 11) is -3.53. The zero-order chi connectivity index (χ0) is 14.2. The zero-order valence-electron chi connectivity index (χ0n) is 10.4. The number of benzene rings is 1. The molecule has 0 saturated heterocycles. The van der Waals surface area contributed by atoms with Gasteiger partial charge >= 0.3 is 0 Å². The molecule has 1 aliphatic rings. The molecule has 1 aliphatic carbocycles. The maximum absolute atomic E-state index is 12.2. The van der Waals surface area contributed by atoms with Gasteiger partial charge in [-0.15, -0.1) is 0 Å². The Morgan fingerprint density at radius 3 is 2.53 bits per heavy atom. The number of aryl methyl sites for hydroxylation is 1. The van der Waals surface area contributed by atoms with E-state index < -0.39 is 10.0 Å². The first-order chi connectivity index (χ1) is 8.79. The fraction of sp³-hybridized carbons (Fsp3) is 0.500. The highest BCUT2D eigenvalue weighted by Gasteiger charge is 2.29. The molecule has 19 heavy (non-hydrogen) atoms. The summed E-state index contributed by atoms with van der Waals surface area (Å²) in [6.07, 6.45) is 1.07. The van der Waals surface area contributed by atoms with Crippen LogP contribution in [0.2, 0.25) is 0 Å². The second-order valence-electron chi connectivity index (χ2n) is 4.87. The molecule has 1 aromatic carbocycles. The van der Waals surface area contributed by atoms with Gasteiger partial charge in [-0.05, 0) is 59.3 Å². The van der Waals surface area contributed by atoms with Gasteiger partial charge in [0, 0.05) is 15.5 Å². The third kappa shape index (κ3) is 3.58. The largest absolute Gasteiger partial charge is 0.393 e. The molecule has 0 spiro atoms. The van der Waals surface area contributed by atoms with Gasteiger partial charge in [0.1, 0.15) is 0 Å². The van der Waals surface area contributed by atoms with Crippen LogP contribution in [0.25, 0.3) is 0 Å². The van der Waals surface area contributed by atoms with Crippen molar-refractivity contribution in [3.05, 3.63) is 26.6 Å². The number of halogens is 2. The summed E-state index contributed by atoms with van der Waals surface area (Å²) in [6, 6.07) is 3.36. The first kappa shape index (κ1) is 15.4. The molecule has 1 aromatic rings. The van der Waals surface area contributed by atoms with Gasteiger partial charge in [-0.3, -0.25) is 0 Å². The predicted molar refractivity (Wildman–Crippen MR) is 80.5 cm³/mol. The number of aliphatic hydroxyl groups excluding tert-OH is 1. The summed E-state index contributed by atoms with van der Waals surface area (Å²) in [5, 5.41) is 9.18. The SMILES string of the molecule is Cc1cc(Br)c(S(=O)(=O)NCC2CC(O)C2)cc1Br. The van der Waals surface area contributed by atoms with E-state index in [1.165, 1.54) is 0 Å². The van der Waals surface area contributed by atoms with Crippen molar-refractivity contribution in [3.63, 3.8) is 0 Å². The number of aliphatic hydroxyl groups is 1. The van der Waals surface area contributed by atoms with Crippen LogP contribution in [-0.2, 0) is 10.0 Å². The standard InChI is InChI=1S/C12H15Br2NO3S/c1-7-2-11(14)12(5-10(7)13)19(17,18)15-6-8-3-9(16)4-8/h2,5,8-9,15-16H,3-4,6H2,1H3. The Kier molecular flexibility index (Phi) is 4.72. The minimum atomic E-state index is -3.53. The first-order valence-electron chi connectivity index (χ1n) is 5.93.